The summed E-state index contributed by atoms with van der Waals surface area (Å²) in [6.45, 7) is 4.72. The third-order valence-corrected chi connectivity index (χ3v) is 3.46. The first kappa shape index (κ1) is 17.2. The highest BCUT2D eigenvalue weighted by molar-refractivity contribution is 5.81. The molecule has 0 aromatic carbocycles. The van der Waals surface area contributed by atoms with E-state index in [-0.39, 0.29) is 5.92 Å². The Labute approximate surface area is 117 Å². The highest BCUT2D eigenvalue weighted by Crippen LogP contribution is 2.24. The largest absolute Gasteiger partial charge is 0.405 e. The Bertz CT molecular complexity index is 316. The summed E-state index contributed by atoms with van der Waals surface area (Å²) in [6.07, 6.45) is -4.37. The van der Waals surface area contributed by atoms with Crippen molar-refractivity contribution in [1.82, 2.24) is 15.5 Å². The van der Waals surface area contributed by atoms with Crippen molar-refractivity contribution in [1.29, 1.82) is 0 Å². The van der Waals surface area contributed by atoms with Crippen molar-refractivity contribution in [3.8, 4) is 0 Å². The van der Waals surface area contributed by atoms with Gasteiger partial charge in [-0.25, -0.2) is 0 Å². The summed E-state index contributed by atoms with van der Waals surface area (Å²) >= 11 is 0. The second kappa shape index (κ2) is 7.24. The summed E-state index contributed by atoms with van der Waals surface area (Å²) in [5, 5.41) is 5.32. The Morgan fingerprint density at radius 1 is 1.35 bits per heavy atom. The fraction of sp³-hybridized carbons (Fsp3) is 0.917. The van der Waals surface area contributed by atoms with E-state index in [0.717, 1.165) is 0 Å². The van der Waals surface area contributed by atoms with Gasteiger partial charge in [-0.2, -0.15) is 13.2 Å². The average Bonchev–Trinajstić information content (AvgIpc) is 2.37. The number of halogens is 3. The van der Waals surface area contributed by atoms with Crippen molar-refractivity contribution < 1.29 is 18.0 Å². The Kier molecular flexibility index (Phi) is 6.22. The molecule has 1 heterocycles. The van der Waals surface area contributed by atoms with Gasteiger partial charge in [-0.15, -0.1) is 0 Å². The molecule has 0 bridgehead atoms. The summed E-state index contributed by atoms with van der Waals surface area (Å²) in [7, 11) is 0. The van der Waals surface area contributed by atoms with Gasteiger partial charge in [0.15, 0.2) is 0 Å². The lowest BCUT2D eigenvalue weighted by Crippen LogP contribution is -2.58. The van der Waals surface area contributed by atoms with Crippen LogP contribution in [-0.4, -0.2) is 61.8 Å². The van der Waals surface area contributed by atoms with E-state index in [1.165, 1.54) is 4.90 Å². The molecule has 1 aliphatic heterocycles. The van der Waals surface area contributed by atoms with Crippen LogP contribution in [0.2, 0.25) is 0 Å². The first-order chi connectivity index (χ1) is 9.23. The molecule has 20 heavy (non-hydrogen) atoms. The number of hydrogen-bond donors (Lipinski definition) is 3. The molecule has 1 aliphatic rings. The third-order valence-electron chi connectivity index (χ3n) is 3.46. The molecule has 0 spiro atoms. The molecule has 0 aliphatic carbocycles. The van der Waals surface area contributed by atoms with Crippen molar-refractivity contribution >= 4 is 5.91 Å². The van der Waals surface area contributed by atoms with Crippen LogP contribution in [0.15, 0.2) is 0 Å². The van der Waals surface area contributed by atoms with Gasteiger partial charge >= 0.3 is 6.18 Å². The molecule has 1 saturated heterocycles. The molecular formula is C12H23F3N4O. The number of amides is 1. The molecule has 0 aromatic rings. The minimum Gasteiger partial charge on any atom is -0.353 e. The van der Waals surface area contributed by atoms with Crippen LogP contribution < -0.4 is 16.4 Å². The second-order valence-electron chi connectivity index (χ2n) is 5.36. The van der Waals surface area contributed by atoms with E-state index in [0.29, 0.717) is 26.2 Å². The lowest BCUT2D eigenvalue weighted by atomic mass is 10.0. The second-order valence-corrected chi connectivity index (χ2v) is 5.36. The van der Waals surface area contributed by atoms with Crippen LogP contribution in [0.3, 0.4) is 0 Å². The van der Waals surface area contributed by atoms with Gasteiger partial charge in [0.2, 0.25) is 5.91 Å². The van der Waals surface area contributed by atoms with Crippen molar-refractivity contribution in [3.63, 3.8) is 0 Å². The fourth-order valence-corrected chi connectivity index (χ4v) is 2.06. The maximum Gasteiger partial charge on any atom is 0.405 e. The molecule has 118 valence electrons. The van der Waals surface area contributed by atoms with Gasteiger partial charge in [0, 0.05) is 32.7 Å². The molecule has 1 amide bonds. The minimum atomic E-state index is -4.37. The van der Waals surface area contributed by atoms with E-state index in [2.05, 4.69) is 10.6 Å². The van der Waals surface area contributed by atoms with Crippen LogP contribution in [-0.2, 0) is 4.79 Å². The number of alkyl halides is 3. The van der Waals surface area contributed by atoms with E-state index in [9.17, 15) is 18.0 Å². The van der Waals surface area contributed by atoms with Gasteiger partial charge in [-0.1, -0.05) is 13.8 Å². The van der Waals surface area contributed by atoms with E-state index in [1.807, 2.05) is 0 Å². The molecule has 5 nitrogen and oxygen atoms in total. The Hall–Kier alpha value is -0.860. The first-order valence-corrected chi connectivity index (χ1v) is 6.78. The van der Waals surface area contributed by atoms with E-state index in [1.54, 1.807) is 13.8 Å². The number of nitrogens with one attached hydrogen (secondary N) is 2. The van der Waals surface area contributed by atoms with Gasteiger partial charge in [0.25, 0.3) is 0 Å². The van der Waals surface area contributed by atoms with Crippen LogP contribution >= 0.6 is 0 Å². The van der Waals surface area contributed by atoms with E-state index >= 15 is 0 Å². The summed E-state index contributed by atoms with van der Waals surface area (Å²) in [4.78, 5) is 13.0. The number of carbonyl (C=O) groups excluding carboxylic acids is 1. The zero-order chi connectivity index (χ0) is 15.3. The molecule has 0 radical (unpaired) electrons. The molecule has 1 fully saturated rings. The third kappa shape index (κ3) is 4.92. The van der Waals surface area contributed by atoms with Gasteiger partial charge in [0.05, 0.1) is 6.04 Å². The fourth-order valence-electron chi connectivity index (χ4n) is 2.06. The standard InChI is InChI=1S/C12H23F3N4O/c1-8(2)10(16)11(20)18-7-9(12(13,14)15)19-5-3-17-4-6-19/h8-10,17H,3-7,16H2,1-2H3,(H,18,20). The highest BCUT2D eigenvalue weighted by Gasteiger charge is 2.44. The number of hydrogen-bond acceptors (Lipinski definition) is 4. The van der Waals surface area contributed by atoms with Crippen molar-refractivity contribution in [3.05, 3.63) is 0 Å². The number of nitrogens with two attached hydrogens (primary N) is 1. The van der Waals surface area contributed by atoms with Crippen LogP contribution in [0.1, 0.15) is 13.8 Å². The number of piperazine rings is 1. The van der Waals surface area contributed by atoms with Crippen molar-refractivity contribution in [2.45, 2.75) is 32.1 Å². The van der Waals surface area contributed by atoms with Gasteiger partial charge < -0.3 is 16.4 Å². The monoisotopic (exact) mass is 296 g/mol. The van der Waals surface area contributed by atoms with Gasteiger partial charge in [-0.05, 0) is 5.92 Å². The topological polar surface area (TPSA) is 70.4 Å². The quantitative estimate of drug-likeness (QED) is 0.664. The smallest absolute Gasteiger partial charge is 0.353 e. The molecule has 2 atom stereocenters. The SMILES string of the molecule is CC(C)C(N)C(=O)NCC(N1CCNCC1)C(F)(F)F. The molecule has 8 heteroatoms. The molecule has 0 saturated carbocycles. The lowest BCUT2D eigenvalue weighted by molar-refractivity contribution is -0.184. The molecule has 1 rings (SSSR count). The van der Waals surface area contributed by atoms with E-state index in [4.69, 9.17) is 5.73 Å². The zero-order valence-corrected chi connectivity index (χ0v) is 11.8. The maximum atomic E-state index is 13.1. The number of nitrogens with zero attached hydrogens (tertiary/aromatic N) is 1. The van der Waals surface area contributed by atoms with E-state index < -0.39 is 30.7 Å². The van der Waals surface area contributed by atoms with Crippen molar-refractivity contribution in [2.75, 3.05) is 32.7 Å². The van der Waals surface area contributed by atoms with Gasteiger partial charge in [0.1, 0.15) is 6.04 Å². The average molecular weight is 296 g/mol. The minimum absolute atomic E-state index is 0.112. The summed E-state index contributed by atoms with van der Waals surface area (Å²) in [5.41, 5.74) is 5.62. The van der Waals surface area contributed by atoms with Crippen LogP contribution in [0.4, 0.5) is 13.2 Å². The lowest BCUT2D eigenvalue weighted by Gasteiger charge is -2.36. The van der Waals surface area contributed by atoms with Crippen LogP contribution in [0.5, 0.6) is 0 Å². The van der Waals surface area contributed by atoms with Crippen LogP contribution in [0, 0.1) is 5.92 Å². The predicted molar refractivity (Wildman–Crippen MR) is 70.1 cm³/mol. The Morgan fingerprint density at radius 3 is 2.35 bits per heavy atom. The normalized spacial score (nSPS) is 20.8. The Balaban J connectivity index is 2.59. The van der Waals surface area contributed by atoms with Crippen molar-refractivity contribution in [2.24, 2.45) is 11.7 Å². The summed E-state index contributed by atoms with van der Waals surface area (Å²) in [6, 6.07) is -2.44. The Morgan fingerprint density at radius 2 is 1.90 bits per heavy atom. The molecule has 0 aromatic heterocycles. The maximum absolute atomic E-state index is 13.1. The number of carbonyl (C=O) groups is 1. The van der Waals surface area contributed by atoms with Gasteiger partial charge in [-0.3, -0.25) is 9.69 Å². The zero-order valence-electron chi connectivity index (χ0n) is 11.8. The summed E-state index contributed by atoms with van der Waals surface area (Å²) < 4.78 is 39.2. The summed E-state index contributed by atoms with van der Waals surface area (Å²) in [5.74, 6) is -0.650. The highest BCUT2D eigenvalue weighted by atomic mass is 19.4. The molecule has 2 unspecified atom stereocenters. The molecule has 4 N–H and O–H groups in total. The molecular weight excluding hydrogens is 273 g/mol. The predicted octanol–water partition coefficient (Wildman–Crippen LogP) is -0.0780. The number of rotatable bonds is 5. The first-order valence-electron chi connectivity index (χ1n) is 6.78. The van der Waals surface area contributed by atoms with Crippen LogP contribution in [0.25, 0.3) is 0 Å².